The van der Waals surface area contributed by atoms with Crippen LogP contribution in [0.5, 0.6) is 0 Å². The maximum absolute atomic E-state index is 11.2. The molecule has 0 saturated carbocycles. The van der Waals surface area contributed by atoms with Crippen LogP contribution in [0, 0.1) is 5.41 Å². The van der Waals surface area contributed by atoms with Gasteiger partial charge in [0.25, 0.3) is 0 Å². The molecule has 5 nitrogen and oxygen atoms in total. The monoisotopic (exact) mass is 216 g/mol. The Morgan fingerprint density at radius 3 is 2.13 bits per heavy atom. The summed E-state index contributed by atoms with van der Waals surface area (Å²) in [4.78, 5) is 22.3. The second kappa shape index (κ2) is 5.70. The van der Waals surface area contributed by atoms with Gasteiger partial charge in [-0.05, 0) is 19.8 Å². The van der Waals surface area contributed by atoms with E-state index in [0.717, 1.165) is 0 Å². The van der Waals surface area contributed by atoms with Crippen molar-refractivity contribution in [1.29, 1.82) is 0 Å². The molecule has 0 aliphatic rings. The Labute approximate surface area is 90.0 Å². The molecule has 0 radical (unpaired) electrons. The highest BCUT2D eigenvalue weighted by Gasteiger charge is 2.35. The Morgan fingerprint density at radius 2 is 1.87 bits per heavy atom. The molecule has 4 N–H and O–H groups in total. The van der Waals surface area contributed by atoms with Gasteiger partial charge in [0.1, 0.15) is 0 Å². The highest BCUT2D eigenvalue weighted by molar-refractivity contribution is 5.82. The van der Waals surface area contributed by atoms with Crippen LogP contribution in [0.15, 0.2) is 0 Å². The van der Waals surface area contributed by atoms with E-state index < -0.39 is 17.4 Å². The highest BCUT2D eigenvalue weighted by Crippen LogP contribution is 2.25. The van der Waals surface area contributed by atoms with Crippen LogP contribution in [0.1, 0.15) is 33.6 Å². The van der Waals surface area contributed by atoms with Gasteiger partial charge < -0.3 is 16.2 Å². The van der Waals surface area contributed by atoms with Crippen LogP contribution in [0.25, 0.3) is 0 Å². The maximum Gasteiger partial charge on any atom is 0.311 e. The fraction of sp³-hybridized carbons (Fsp3) is 0.800. The molecule has 0 bridgehead atoms. The summed E-state index contributed by atoms with van der Waals surface area (Å²) in [6.07, 6.45) is 0.968. The predicted octanol–water partition coefficient (Wildman–Crippen LogP) is 0.341. The van der Waals surface area contributed by atoms with E-state index in [1.54, 1.807) is 20.8 Å². The number of hydrogen-bond donors (Lipinski definition) is 3. The van der Waals surface area contributed by atoms with Gasteiger partial charge in [0, 0.05) is 6.54 Å². The summed E-state index contributed by atoms with van der Waals surface area (Å²) in [7, 11) is 0. The van der Waals surface area contributed by atoms with Crippen LogP contribution in [0.3, 0.4) is 0 Å². The topological polar surface area (TPSA) is 92.4 Å². The number of aliphatic carboxylic acids is 1. The third kappa shape index (κ3) is 3.51. The minimum absolute atomic E-state index is 0.135. The molecule has 0 rings (SSSR count). The molecule has 0 fully saturated rings. The molecule has 0 aromatic heterocycles. The molecule has 0 saturated heterocycles. The number of nitrogens with one attached hydrogen (secondary N) is 1. The molecule has 0 aliphatic heterocycles. The summed E-state index contributed by atoms with van der Waals surface area (Å²) in [6.45, 7) is 5.30. The SMILES string of the molecule is CCC(CC)(CNC(=O)[C@@H](C)N)C(=O)O. The Morgan fingerprint density at radius 1 is 1.40 bits per heavy atom. The van der Waals surface area contributed by atoms with Gasteiger partial charge >= 0.3 is 5.97 Å². The lowest BCUT2D eigenvalue weighted by Crippen LogP contribution is -2.46. The Bertz CT molecular complexity index is 235. The molecule has 1 atom stereocenters. The molecule has 0 heterocycles. The highest BCUT2D eigenvalue weighted by atomic mass is 16.4. The summed E-state index contributed by atoms with van der Waals surface area (Å²) >= 11 is 0. The Kier molecular flexibility index (Phi) is 5.28. The number of hydrogen-bond acceptors (Lipinski definition) is 3. The average molecular weight is 216 g/mol. The third-order valence-electron chi connectivity index (χ3n) is 2.82. The van der Waals surface area contributed by atoms with E-state index in [0.29, 0.717) is 12.8 Å². The molecule has 0 unspecified atom stereocenters. The predicted molar refractivity (Wildman–Crippen MR) is 57.3 cm³/mol. The van der Waals surface area contributed by atoms with E-state index >= 15 is 0 Å². The van der Waals surface area contributed by atoms with Crippen molar-refractivity contribution in [2.45, 2.75) is 39.7 Å². The second-order valence-corrected chi connectivity index (χ2v) is 3.80. The van der Waals surface area contributed by atoms with Gasteiger partial charge in [-0.1, -0.05) is 13.8 Å². The Balaban J connectivity index is 4.44. The fourth-order valence-electron chi connectivity index (χ4n) is 1.30. The zero-order chi connectivity index (χ0) is 12.1. The number of nitrogens with two attached hydrogens (primary N) is 1. The molecule has 0 spiro atoms. The number of rotatable bonds is 6. The van der Waals surface area contributed by atoms with Crippen LogP contribution in [0.2, 0.25) is 0 Å². The molecule has 0 aromatic carbocycles. The van der Waals surface area contributed by atoms with Crippen molar-refractivity contribution in [3.8, 4) is 0 Å². The van der Waals surface area contributed by atoms with E-state index in [9.17, 15) is 9.59 Å². The minimum Gasteiger partial charge on any atom is -0.481 e. The first-order valence-electron chi connectivity index (χ1n) is 5.16. The smallest absolute Gasteiger partial charge is 0.311 e. The minimum atomic E-state index is -0.877. The molecular formula is C10H20N2O3. The average Bonchev–Trinajstić information content (AvgIpc) is 2.19. The zero-order valence-electron chi connectivity index (χ0n) is 9.54. The van der Waals surface area contributed by atoms with Crippen molar-refractivity contribution in [3.05, 3.63) is 0 Å². The quantitative estimate of drug-likeness (QED) is 0.597. The Hall–Kier alpha value is -1.10. The van der Waals surface area contributed by atoms with E-state index in [1.807, 2.05) is 0 Å². The number of carboxylic acids is 1. The maximum atomic E-state index is 11.2. The molecular weight excluding hydrogens is 196 g/mol. The van der Waals surface area contributed by atoms with Gasteiger partial charge in [-0.15, -0.1) is 0 Å². The number of amides is 1. The van der Waals surface area contributed by atoms with Crippen LogP contribution in [0.4, 0.5) is 0 Å². The van der Waals surface area contributed by atoms with Gasteiger partial charge in [-0.2, -0.15) is 0 Å². The third-order valence-corrected chi connectivity index (χ3v) is 2.82. The first-order valence-corrected chi connectivity index (χ1v) is 5.16. The van der Waals surface area contributed by atoms with Gasteiger partial charge in [0.2, 0.25) is 5.91 Å². The van der Waals surface area contributed by atoms with Crippen LogP contribution >= 0.6 is 0 Å². The molecule has 88 valence electrons. The van der Waals surface area contributed by atoms with Crippen molar-refractivity contribution < 1.29 is 14.7 Å². The van der Waals surface area contributed by atoms with E-state index in [2.05, 4.69) is 5.32 Å². The number of carbonyl (C=O) groups is 2. The van der Waals surface area contributed by atoms with Gasteiger partial charge in [0.15, 0.2) is 0 Å². The number of carbonyl (C=O) groups excluding carboxylic acids is 1. The van der Waals surface area contributed by atoms with Gasteiger partial charge in [-0.3, -0.25) is 9.59 Å². The largest absolute Gasteiger partial charge is 0.481 e. The summed E-state index contributed by atoms with van der Waals surface area (Å²) in [5.41, 5.74) is 4.49. The summed E-state index contributed by atoms with van der Waals surface area (Å²) < 4.78 is 0. The van der Waals surface area contributed by atoms with Crippen molar-refractivity contribution in [3.63, 3.8) is 0 Å². The van der Waals surface area contributed by atoms with Crippen LogP contribution in [-0.2, 0) is 9.59 Å². The lowest BCUT2D eigenvalue weighted by molar-refractivity contribution is -0.149. The van der Waals surface area contributed by atoms with Crippen LogP contribution < -0.4 is 11.1 Å². The summed E-state index contributed by atoms with van der Waals surface area (Å²) in [5, 5.41) is 11.7. The molecule has 15 heavy (non-hydrogen) atoms. The molecule has 5 heteroatoms. The van der Waals surface area contributed by atoms with Crippen molar-refractivity contribution in [1.82, 2.24) is 5.32 Å². The summed E-state index contributed by atoms with van der Waals surface area (Å²) in [5.74, 6) is -1.19. The first kappa shape index (κ1) is 13.9. The fourth-order valence-corrected chi connectivity index (χ4v) is 1.30. The second-order valence-electron chi connectivity index (χ2n) is 3.80. The van der Waals surface area contributed by atoms with Crippen molar-refractivity contribution >= 4 is 11.9 Å². The zero-order valence-corrected chi connectivity index (χ0v) is 9.54. The van der Waals surface area contributed by atoms with Gasteiger partial charge in [-0.25, -0.2) is 0 Å². The standard InChI is InChI=1S/C10H20N2O3/c1-4-10(5-2,9(14)15)6-12-8(13)7(3)11/h7H,4-6,11H2,1-3H3,(H,12,13)(H,14,15)/t7-/m1/s1. The first-order chi connectivity index (χ1) is 6.89. The number of carboxylic acid groups (broad SMARTS) is 1. The lowest BCUT2D eigenvalue weighted by Gasteiger charge is -2.27. The summed E-state index contributed by atoms with van der Waals surface area (Å²) in [6, 6.07) is -0.606. The van der Waals surface area contributed by atoms with E-state index in [1.165, 1.54) is 0 Å². The molecule has 0 aliphatic carbocycles. The van der Waals surface area contributed by atoms with Crippen molar-refractivity contribution in [2.24, 2.45) is 11.1 Å². The van der Waals surface area contributed by atoms with Crippen molar-refractivity contribution in [2.75, 3.05) is 6.54 Å². The van der Waals surface area contributed by atoms with Gasteiger partial charge in [0.05, 0.1) is 11.5 Å². The molecule has 1 amide bonds. The van der Waals surface area contributed by atoms with E-state index in [4.69, 9.17) is 10.8 Å². The lowest BCUT2D eigenvalue weighted by atomic mass is 9.82. The normalized spacial score (nSPS) is 13.3. The molecule has 0 aromatic rings. The van der Waals surface area contributed by atoms with E-state index in [-0.39, 0.29) is 12.5 Å². The van der Waals surface area contributed by atoms with Crippen LogP contribution in [-0.4, -0.2) is 29.6 Å².